The second kappa shape index (κ2) is 10.4. The van der Waals surface area contributed by atoms with E-state index in [4.69, 9.17) is 23.4 Å². The van der Waals surface area contributed by atoms with E-state index in [1.165, 1.54) is 24.7 Å². The summed E-state index contributed by atoms with van der Waals surface area (Å²) in [6.07, 6.45) is 2.94. The lowest BCUT2D eigenvalue weighted by Gasteiger charge is -2.65. The highest BCUT2D eigenvalue weighted by Gasteiger charge is 2.75. The third-order valence-corrected chi connectivity index (χ3v) is 10.4. The van der Waals surface area contributed by atoms with E-state index in [0.29, 0.717) is 29.6 Å². The predicted molar refractivity (Wildman–Crippen MR) is 152 cm³/mol. The Kier molecular flexibility index (Phi) is 7.51. The van der Waals surface area contributed by atoms with Gasteiger partial charge in [-0.15, -0.1) is 0 Å². The third-order valence-electron chi connectivity index (χ3n) is 10.4. The molecular weight excluding hydrogens is 572 g/mol. The summed E-state index contributed by atoms with van der Waals surface area (Å²) in [6.45, 7) is 11.4. The molecule has 3 aliphatic carbocycles. The summed E-state index contributed by atoms with van der Waals surface area (Å²) in [7, 11) is 1.15. The van der Waals surface area contributed by atoms with E-state index >= 15 is 0 Å². The lowest BCUT2D eigenvalue weighted by Crippen LogP contribution is -2.76. The van der Waals surface area contributed by atoms with Gasteiger partial charge in [-0.25, -0.2) is 9.59 Å². The van der Waals surface area contributed by atoms with E-state index in [1.807, 2.05) is 6.92 Å². The first-order valence-electron chi connectivity index (χ1n) is 14.8. The number of methoxy groups -OCH3 is 1. The van der Waals surface area contributed by atoms with Gasteiger partial charge in [0, 0.05) is 40.7 Å². The molecule has 11 heteroatoms. The Balaban J connectivity index is 1.78. The van der Waals surface area contributed by atoms with Crippen molar-refractivity contribution in [3.8, 4) is 0 Å². The first kappa shape index (κ1) is 31.7. The van der Waals surface area contributed by atoms with Crippen molar-refractivity contribution in [2.45, 2.75) is 85.2 Å². The zero-order valence-corrected chi connectivity index (χ0v) is 26.3. The van der Waals surface area contributed by atoms with Gasteiger partial charge in [0.1, 0.15) is 12.2 Å². The van der Waals surface area contributed by atoms with Crippen LogP contribution in [0, 0.1) is 34.0 Å². The maximum absolute atomic E-state index is 14.7. The molecule has 11 nitrogen and oxygen atoms in total. The van der Waals surface area contributed by atoms with Crippen LogP contribution in [0.25, 0.3) is 0 Å². The van der Waals surface area contributed by atoms with Gasteiger partial charge in [0.05, 0.1) is 25.6 Å². The van der Waals surface area contributed by atoms with Crippen molar-refractivity contribution in [2.75, 3.05) is 7.11 Å². The Bertz CT molecular complexity index is 1470. The minimum Gasteiger partial charge on any atom is -0.472 e. The van der Waals surface area contributed by atoms with Gasteiger partial charge in [-0.05, 0) is 42.0 Å². The second-order valence-corrected chi connectivity index (χ2v) is 13.8. The number of hydrogen-bond donors (Lipinski definition) is 1. The Morgan fingerprint density at radius 3 is 2.34 bits per heavy atom. The first-order valence-corrected chi connectivity index (χ1v) is 14.8. The molecule has 1 aromatic rings. The number of ether oxygens (including phenoxy) is 4. The fraction of sp³-hybridized carbons (Fsp3) is 0.606. The number of Topliss-reactive ketones (excluding diaryl/α,β-unsaturated/α-hetero) is 1. The Labute approximate surface area is 255 Å². The summed E-state index contributed by atoms with van der Waals surface area (Å²) in [4.78, 5) is 66.6. The summed E-state index contributed by atoms with van der Waals surface area (Å²) < 4.78 is 27.7. The van der Waals surface area contributed by atoms with Gasteiger partial charge in [-0.3, -0.25) is 14.4 Å². The molecule has 0 spiro atoms. The number of hydrogen-bond acceptors (Lipinski definition) is 11. The molecular formula is C33H40O11. The van der Waals surface area contributed by atoms with Gasteiger partial charge in [-0.1, -0.05) is 41.5 Å². The molecule has 0 saturated heterocycles. The molecule has 2 saturated carbocycles. The maximum Gasteiger partial charge on any atom is 0.347 e. The fourth-order valence-electron chi connectivity index (χ4n) is 8.53. The largest absolute Gasteiger partial charge is 0.472 e. The van der Waals surface area contributed by atoms with Gasteiger partial charge < -0.3 is 28.5 Å². The normalized spacial score (nSPS) is 36.1. The van der Waals surface area contributed by atoms with Crippen LogP contribution < -0.4 is 0 Å². The monoisotopic (exact) mass is 612 g/mol. The highest BCUT2D eigenvalue weighted by atomic mass is 16.6. The molecule has 1 aromatic heterocycles. The van der Waals surface area contributed by atoms with E-state index in [1.54, 1.807) is 40.7 Å². The molecule has 44 heavy (non-hydrogen) atoms. The van der Waals surface area contributed by atoms with Crippen LogP contribution in [0.15, 0.2) is 46.3 Å². The standard InChI is InChI=1S/C33H40O11/c1-16(2)26(36)44-29-30(4,5)24(23(27(37)40-8)42-17(3)34)32(7)20-9-11-31(6)21(19(20)14-33(29,39)28(32)38)13-22(35)43-25(31)18-10-12-41-15-18/h10,12-16,20,23-25,29,39H,9,11H2,1-8H3/t20-,23?,24-,25-,29-,31+,32+,33-/m0/s1. The number of carbonyl (C=O) groups excluding carboxylic acids is 5. The first-order chi connectivity index (χ1) is 20.4. The molecule has 1 aliphatic heterocycles. The molecule has 0 radical (unpaired) electrons. The molecule has 4 aliphatic rings. The number of rotatable bonds is 6. The number of fused-ring (bicyclic) bond motifs is 6. The molecule has 2 heterocycles. The molecule has 0 aromatic carbocycles. The number of aliphatic hydroxyl groups is 1. The summed E-state index contributed by atoms with van der Waals surface area (Å²) >= 11 is 0. The average Bonchev–Trinajstić information content (AvgIpc) is 3.47. The molecule has 5 rings (SSSR count). The Morgan fingerprint density at radius 2 is 1.77 bits per heavy atom. The molecule has 8 atom stereocenters. The van der Waals surface area contributed by atoms with Crippen LogP contribution >= 0.6 is 0 Å². The quantitative estimate of drug-likeness (QED) is 0.368. The van der Waals surface area contributed by atoms with Gasteiger partial charge in [0.25, 0.3) is 0 Å². The summed E-state index contributed by atoms with van der Waals surface area (Å²) in [5.74, 6) is -5.91. The minimum atomic E-state index is -2.34. The number of esters is 4. The maximum atomic E-state index is 14.7. The highest BCUT2D eigenvalue weighted by molar-refractivity contribution is 6.00. The van der Waals surface area contributed by atoms with Crippen molar-refractivity contribution in [3.63, 3.8) is 0 Å². The van der Waals surface area contributed by atoms with Gasteiger partial charge in [0.15, 0.2) is 11.4 Å². The number of carbonyl (C=O) groups is 5. The molecule has 1 N–H and O–H groups in total. The van der Waals surface area contributed by atoms with E-state index in [-0.39, 0.29) is 0 Å². The molecule has 0 amide bonds. The van der Waals surface area contributed by atoms with Crippen LogP contribution in [0.4, 0.5) is 0 Å². The number of ketones is 1. The Morgan fingerprint density at radius 1 is 1.09 bits per heavy atom. The molecule has 238 valence electrons. The van der Waals surface area contributed by atoms with E-state index in [2.05, 4.69) is 0 Å². The third kappa shape index (κ3) is 4.37. The predicted octanol–water partition coefficient (Wildman–Crippen LogP) is 3.80. The van der Waals surface area contributed by atoms with Crippen LogP contribution in [-0.2, 0) is 42.9 Å². The summed E-state index contributed by atoms with van der Waals surface area (Å²) in [5, 5.41) is 12.5. The lowest BCUT2D eigenvalue weighted by molar-refractivity contribution is -0.237. The molecule has 2 fully saturated rings. The zero-order valence-electron chi connectivity index (χ0n) is 26.3. The van der Waals surface area contributed by atoms with Crippen molar-refractivity contribution < 1.29 is 52.4 Å². The van der Waals surface area contributed by atoms with Crippen LogP contribution in [0.1, 0.15) is 73.0 Å². The number of allylic oxidation sites excluding steroid dienone is 1. The topological polar surface area (TPSA) is 156 Å². The number of cyclic esters (lactones) is 1. The van der Waals surface area contributed by atoms with Crippen LogP contribution in [-0.4, -0.2) is 59.7 Å². The van der Waals surface area contributed by atoms with Gasteiger partial charge >= 0.3 is 23.9 Å². The SMILES string of the molecule is COC(=O)C(OC(C)=O)[C@H]1C(C)(C)[C@H](OC(=O)C(C)C)[C@]2(O)C=C3C4=CC(=O)O[C@@H](c5ccoc5)[C@]4(C)CC[C@@H]3[C@@]1(C)C2=O. The average molecular weight is 613 g/mol. The van der Waals surface area contributed by atoms with Crippen LogP contribution in [0.2, 0.25) is 0 Å². The van der Waals surface area contributed by atoms with Crippen molar-refractivity contribution in [1.82, 2.24) is 0 Å². The highest BCUT2D eigenvalue weighted by Crippen LogP contribution is 2.68. The van der Waals surface area contributed by atoms with Crippen molar-refractivity contribution >= 4 is 29.7 Å². The van der Waals surface area contributed by atoms with E-state index in [9.17, 15) is 29.1 Å². The molecule has 2 bridgehead atoms. The van der Waals surface area contributed by atoms with Gasteiger partial charge in [0.2, 0.25) is 6.10 Å². The summed E-state index contributed by atoms with van der Waals surface area (Å²) in [6, 6.07) is 1.72. The number of furan rings is 1. The minimum absolute atomic E-state index is 0.404. The van der Waals surface area contributed by atoms with Crippen molar-refractivity contribution in [2.24, 2.45) is 34.0 Å². The fourth-order valence-corrected chi connectivity index (χ4v) is 8.53. The van der Waals surface area contributed by atoms with Crippen molar-refractivity contribution in [1.29, 1.82) is 0 Å². The summed E-state index contributed by atoms with van der Waals surface area (Å²) in [5.41, 5.74) is -4.20. The van der Waals surface area contributed by atoms with Gasteiger partial charge in [-0.2, -0.15) is 0 Å². The second-order valence-electron chi connectivity index (χ2n) is 13.8. The lowest BCUT2D eigenvalue weighted by atomic mass is 9.40. The smallest absolute Gasteiger partial charge is 0.347 e. The van der Waals surface area contributed by atoms with Crippen molar-refractivity contribution in [3.05, 3.63) is 47.5 Å². The van der Waals surface area contributed by atoms with Crippen LogP contribution in [0.5, 0.6) is 0 Å². The van der Waals surface area contributed by atoms with Crippen LogP contribution in [0.3, 0.4) is 0 Å². The van der Waals surface area contributed by atoms with E-state index < -0.39 is 87.6 Å². The molecule has 1 unspecified atom stereocenters. The Hall–Kier alpha value is -3.73. The van der Waals surface area contributed by atoms with E-state index in [0.717, 1.165) is 14.0 Å². The zero-order chi connectivity index (χ0) is 32.6.